The lowest BCUT2D eigenvalue weighted by molar-refractivity contribution is 0.932. The summed E-state index contributed by atoms with van der Waals surface area (Å²) in [5.41, 5.74) is 2.44. The number of anilines is 3. The predicted molar refractivity (Wildman–Crippen MR) is 68.6 cm³/mol. The lowest BCUT2D eigenvalue weighted by atomic mass is 10.2. The fourth-order valence-corrected chi connectivity index (χ4v) is 2.19. The third kappa shape index (κ3) is 1.53. The summed E-state index contributed by atoms with van der Waals surface area (Å²) < 4.78 is 0. The average Bonchev–Trinajstić information content (AvgIpc) is 2.68. The maximum atomic E-state index is 4.43. The minimum atomic E-state index is 0.796. The van der Waals surface area contributed by atoms with Crippen LogP contribution in [-0.4, -0.2) is 23.7 Å². The average molecular weight is 226 g/mol. The second kappa shape index (κ2) is 3.73. The highest BCUT2D eigenvalue weighted by molar-refractivity contribution is 5.77. The summed E-state index contributed by atoms with van der Waals surface area (Å²) in [4.78, 5) is 13.1. The molecule has 0 saturated heterocycles. The highest BCUT2D eigenvalue weighted by Crippen LogP contribution is 2.37. The standard InChI is InChI=1S/C13H14N4/c1-10-5-3-4-6-11(10)17-9-16(2)12-13(17)15-8-7-14-12/h3-8H,9H2,1-2H3. The van der Waals surface area contributed by atoms with Crippen molar-refractivity contribution in [2.45, 2.75) is 6.92 Å². The van der Waals surface area contributed by atoms with Gasteiger partial charge in [-0.25, -0.2) is 9.97 Å². The van der Waals surface area contributed by atoms with Crippen molar-refractivity contribution >= 4 is 17.3 Å². The molecule has 0 radical (unpaired) electrons. The second-order valence-electron chi connectivity index (χ2n) is 4.26. The van der Waals surface area contributed by atoms with E-state index in [1.807, 2.05) is 7.05 Å². The summed E-state index contributed by atoms with van der Waals surface area (Å²) in [6, 6.07) is 8.34. The van der Waals surface area contributed by atoms with Crippen LogP contribution >= 0.6 is 0 Å². The largest absolute Gasteiger partial charge is 0.338 e. The van der Waals surface area contributed by atoms with E-state index in [4.69, 9.17) is 0 Å². The van der Waals surface area contributed by atoms with Crippen LogP contribution in [0.5, 0.6) is 0 Å². The highest BCUT2D eigenvalue weighted by atomic mass is 15.4. The molecule has 0 fully saturated rings. The third-order valence-corrected chi connectivity index (χ3v) is 3.04. The third-order valence-electron chi connectivity index (χ3n) is 3.04. The van der Waals surface area contributed by atoms with Gasteiger partial charge in [0, 0.05) is 25.1 Å². The monoisotopic (exact) mass is 226 g/mol. The fraction of sp³-hybridized carbons (Fsp3) is 0.231. The maximum Gasteiger partial charge on any atom is 0.178 e. The van der Waals surface area contributed by atoms with Gasteiger partial charge >= 0.3 is 0 Å². The van der Waals surface area contributed by atoms with Gasteiger partial charge in [-0.05, 0) is 18.6 Å². The van der Waals surface area contributed by atoms with Crippen molar-refractivity contribution in [1.82, 2.24) is 9.97 Å². The Balaban J connectivity index is 2.11. The molecule has 4 heteroatoms. The van der Waals surface area contributed by atoms with Crippen molar-refractivity contribution in [2.75, 3.05) is 23.5 Å². The number of para-hydroxylation sites is 1. The van der Waals surface area contributed by atoms with Gasteiger partial charge in [0.25, 0.3) is 0 Å². The normalized spacial score (nSPS) is 14.0. The Kier molecular flexibility index (Phi) is 2.21. The van der Waals surface area contributed by atoms with Gasteiger partial charge in [0.05, 0.1) is 6.67 Å². The van der Waals surface area contributed by atoms with Crippen molar-refractivity contribution in [3.8, 4) is 0 Å². The van der Waals surface area contributed by atoms with E-state index in [9.17, 15) is 0 Å². The van der Waals surface area contributed by atoms with E-state index in [1.54, 1.807) is 12.4 Å². The molecule has 17 heavy (non-hydrogen) atoms. The molecule has 4 nitrogen and oxygen atoms in total. The van der Waals surface area contributed by atoms with E-state index in [1.165, 1.54) is 11.3 Å². The number of hydrogen-bond acceptors (Lipinski definition) is 4. The molecule has 0 N–H and O–H groups in total. The van der Waals surface area contributed by atoms with Gasteiger partial charge in [0.15, 0.2) is 11.6 Å². The van der Waals surface area contributed by atoms with Crippen LogP contribution < -0.4 is 9.80 Å². The van der Waals surface area contributed by atoms with Crippen LogP contribution in [0.25, 0.3) is 0 Å². The Hall–Kier alpha value is -2.10. The number of aromatic nitrogens is 2. The number of benzene rings is 1. The van der Waals surface area contributed by atoms with Crippen molar-refractivity contribution in [3.05, 3.63) is 42.2 Å². The fourth-order valence-electron chi connectivity index (χ4n) is 2.19. The lowest BCUT2D eigenvalue weighted by Gasteiger charge is -2.20. The molecule has 0 atom stereocenters. The molecule has 1 aromatic heterocycles. The number of nitrogens with zero attached hydrogens (tertiary/aromatic N) is 4. The zero-order valence-electron chi connectivity index (χ0n) is 9.96. The number of aryl methyl sites for hydroxylation is 1. The molecule has 0 bridgehead atoms. The van der Waals surface area contributed by atoms with Crippen molar-refractivity contribution in [2.24, 2.45) is 0 Å². The molecule has 2 aromatic rings. The molecule has 0 aliphatic carbocycles. The van der Waals surface area contributed by atoms with Crippen molar-refractivity contribution in [3.63, 3.8) is 0 Å². The van der Waals surface area contributed by atoms with E-state index < -0.39 is 0 Å². The molecule has 2 heterocycles. The number of rotatable bonds is 1. The Morgan fingerprint density at radius 3 is 2.53 bits per heavy atom. The van der Waals surface area contributed by atoms with Crippen LogP contribution in [0.4, 0.5) is 17.3 Å². The van der Waals surface area contributed by atoms with Crippen LogP contribution in [0.2, 0.25) is 0 Å². The van der Waals surface area contributed by atoms with Gasteiger partial charge in [-0.1, -0.05) is 18.2 Å². The first-order valence-corrected chi connectivity index (χ1v) is 5.62. The quantitative estimate of drug-likeness (QED) is 0.747. The minimum Gasteiger partial charge on any atom is -0.338 e. The van der Waals surface area contributed by atoms with Crippen molar-refractivity contribution in [1.29, 1.82) is 0 Å². The van der Waals surface area contributed by atoms with Crippen LogP contribution in [0, 0.1) is 6.92 Å². The Morgan fingerprint density at radius 1 is 1.06 bits per heavy atom. The Labute approximate surface area is 101 Å². The molecular weight excluding hydrogens is 212 g/mol. The van der Waals surface area contributed by atoms with E-state index >= 15 is 0 Å². The SMILES string of the molecule is Cc1ccccc1N1CN(C)c2nccnc21. The van der Waals surface area contributed by atoms with Crippen molar-refractivity contribution < 1.29 is 0 Å². The molecule has 0 spiro atoms. The second-order valence-corrected chi connectivity index (χ2v) is 4.26. The van der Waals surface area contributed by atoms with Gasteiger partial charge in [0.2, 0.25) is 0 Å². The molecule has 1 aliphatic rings. The molecule has 1 aliphatic heterocycles. The van der Waals surface area contributed by atoms with Crippen LogP contribution in [0.1, 0.15) is 5.56 Å². The summed E-state index contributed by atoms with van der Waals surface area (Å²) in [5.74, 6) is 1.88. The van der Waals surface area contributed by atoms with E-state index in [0.717, 1.165) is 18.3 Å². The summed E-state index contributed by atoms with van der Waals surface area (Å²) in [6.45, 7) is 2.91. The Morgan fingerprint density at radius 2 is 1.76 bits per heavy atom. The maximum absolute atomic E-state index is 4.43. The molecule has 86 valence electrons. The van der Waals surface area contributed by atoms with Crippen LogP contribution in [0.15, 0.2) is 36.7 Å². The molecule has 3 rings (SSSR count). The Bertz CT molecular complexity index is 553. The first-order valence-electron chi connectivity index (χ1n) is 5.62. The highest BCUT2D eigenvalue weighted by Gasteiger charge is 2.27. The molecule has 1 aromatic carbocycles. The summed E-state index contributed by atoms with van der Waals surface area (Å²) in [6.07, 6.45) is 3.47. The molecular formula is C13H14N4. The van der Waals surface area contributed by atoms with Gasteiger partial charge < -0.3 is 9.80 Å². The zero-order chi connectivity index (χ0) is 11.8. The molecule has 0 unspecified atom stereocenters. The molecule has 0 saturated carbocycles. The van der Waals surface area contributed by atoms with Crippen LogP contribution in [0.3, 0.4) is 0 Å². The summed E-state index contributed by atoms with van der Waals surface area (Å²) >= 11 is 0. The number of fused-ring (bicyclic) bond motifs is 1. The van der Waals surface area contributed by atoms with Gasteiger partial charge in [-0.15, -0.1) is 0 Å². The first kappa shape index (κ1) is 10.1. The van der Waals surface area contributed by atoms with E-state index in [0.29, 0.717) is 0 Å². The predicted octanol–water partition coefficient (Wildman–Crippen LogP) is 2.33. The minimum absolute atomic E-state index is 0.796. The molecule has 0 amide bonds. The van der Waals surface area contributed by atoms with E-state index in [2.05, 4.69) is 51.0 Å². The summed E-state index contributed by atoms with van der Waals surface area (Å²) in [7, 11) is 2.03. The van der Waals surface area contributed by atoms with E-state index in [-0.39, 0.29) is 0 Å². The van der Waals surface area contributed by atoms with Gasteiger partial charge in [0.1, 0.15) is 0 Å². The number of hydrogen-bond donors (Lipinski definition) is 0. The van der Waals surface area contributed by atoms with Gasteiger partial charge in [-0.3, -0.25) is 0 Å². The first-order chi connectivity index (χ1) is 8.27. The van der Waals surface area contributed by atoms with Gasteiger partial charge in [-0.2, -0.15) is 0 Å². The van der Waals surface area contributed by atoms with Crippen LogP contribution in [-0.2, 0) is 0 Å². The lowest BCUT2D eigenvalue weighted by Crippen LogP contribution is -2.24. The smallest absolute Gasteiger partial charge is 0.178 e. The topological polar surface area (TPSA) is 32.3 Å². The zero-order valence-corrected chi connectivity index (χ0v) is 9.96. The summed E-state index contributed by atoms with van der Waals surface area (Å²) in [5, 5.41) is 0.